The van der Waals surface area contributed by atoms with Gasteiger partial charge in [0, 0.05) is 23.7 Å². The smallest absolute Gasteiger partial charge is 0.264 e. The van der Waals surface area contributed by atoms with Crippen LogP contribution in [-0.2, 0) is 0 Å². The molecular weight excluding hydrogens is 244 g/mol. The minimum Gasteiger partial charge on any atom is -0.398 e. The largest absolute Gasteiger partial charge is 0.398 e. The van der Waals surface area contributed by atoms with Crippen LogP contribution in [0.15, 0.2) is 6.07 Å². The molecule has 0 saturated heterocycles. The molecule has 4 heteroatoms. The second kappa shape index (κ2) is 5.31. The molecule has 1 fully saturated rings. The molecule has 2 unspecified atom stereocenters. The van der Waals surface area contributed by atoms with E-state index >= 15 is 0 Å². The first-order valence-corrected chi connectivity index (χ1v) is 7.45. The van der Waals surface area contributed by atoms with Crippen LogP contribution >= 0.6 is 11.3 Å². The van der Waals surface area contributed by atoms with E-state index in [1.54, 1.807) is 0 Å². The van der Waals surface area contributed by atoms with Crippen LogP contribution in [0.2, 0.25) is 0 Å². The molecule has 1 aromatic heterocycles. The molecule has 100 valence electrons. The van der Waals surface area contributed by atoms with Crippen LogP contribution in [0.1, 0.15) is 47.2 Å². The van der Waals surface area contributed by atoms with Crippen molar-refractivity contribution >= 4 is 22.9 Å². The van der Waals surface area contributed by atoms with Crippen LogP contribution in [0.5, 0.6) is 0 Å². The first kappa shape index (κ1) is 13.4. The van der Waals surface area contributed by atoms with Gasteiger partial charge in [0.2, 0.25) is 0 Å². The first-order chi connectivity index (χ1) is 8.50. The lowest BCUT2D eigenvalue weighted by Gasteiger charge is -2.36. The van der Waals surface area contributed by atoms with Crippen molar-refractivity contribution in [2.45, 2.75) is 45.6 Å². The molecule has 0 bridgehead atoms. The topological polar surface area (TPSA) is 46.3 Å². The van der Waals surface area contributed by atoms with Gasteiger partial charge in [-0.2, -0.15) is 0 Å². The van der Waals surface area contributed by atoms with E-state index in [1.165, 1.54) is 30.6 Å². The number of hydrogen-bond donors (Lipinski definition) is 1. The quantitative estimate of drug-likeness (QED) is 0.893. The highest BCUT2D eigenvalue weighted by Crippen LogP contribution is 2.30. The number of rotatable bonds is 2. The van der Waals surface area contributed by atoms with E-state index in [9.17, 15) is 4.79 Å². The molecule has 1 amide bonds. The fraction of sp³-hybridized carbons (Fsp3) is 0.643. The number of carbonyl (C=O) groups is 1. The van der Waals surface area contributed by atoms with Crippen molar-refractivity contribution in [2.24, 2.45) is 5.92 Å². The monoisotopic (exact) mass is 266 g/mol. The Hall–Kier alpha value is -1.03. The van der Waals surface area contributed by atoms with Crippen molar-refractivity contribution in [3.63, 3.8) is 0 Å². The zero-order valence-corrected chi connectivity index (χ0v) is 12.2. The van der Waals surface area contributed by atoms with Gasteiger partial charge in [0.25, 0.3) is 5.91 Å². The average molecular weight is 266 g/mol. The van der Waals surface area contributed by atoms with E-state index in [4.69, 9.17) is 5.73 Å². The second-order valence-electron chi connectivity index (χ2n) is 5.37. The molecular formula is C14H22N2OS. The summed E-state index contributed by atoms with van der Waals surface area (Å²) in [6.45, 7) is 4.21. The average Bonchev–Trinajstić information content (AvgIpc) is 2.68. The Morgan fingerprint density at radius 1 is 1.44 bits per heavy atom. The van der Waals surface area contributed by atoms with Crippen LogP contribution in [0.4, 0.5) is 5.69 Å². The Kier molecular flexibility index (Phi) is 3.95. The van der Waals surface area contributed by atoms with Gasteiger partial charge in [-0.3, -0.25) is 4.79 Å². The second-order valence-corrected chi connectivity index (χ2v) is 6.62. The Labute approximate surface area is 113 Å². The van der Waals surface area contributed by atoms with E-state index < -0.39 is 0 Å². The molecule has 0 aliphatic heterocycles. The van der Waals surface area contributed by atoms with Gasteiger partial charge < -0.3 is 10.6 Å². The molecule has 3 nitrogen and oxygen atoms in total. The molecule has 2 rings (SSSR count). The maximum atomic E-state index is 12.4. The zero-order chi connectivity index (χ0) is 13.3. The number of hydrogen-bond acceptors (Lipinski definition) is 3. The Morgan fingerprint density at radius 2 is 2.11 bits per heavy atom. The Bertz CT molecular complexity index is 422. The summed E-state index contributed by atoms with van der Waals surface area (Å²) in [5.41, 5.74) is 6.55. The fourth-order valence-electron chi connectivity index (χ4n) is 2.80. The van der Waals surface area contributed by atoms with Gasteiger partial charge in [0.1, 0.15) is 0 Å². The molecule has 1 aromatic rings. The van der Waals surface area contributed by atoms with Crippen molar-refractivity contribution in [1.82, 2.24) is 4.90 Å². The van der Waals surface area contributed by atoms with Gasteiger partial charge in [-0.1, -0.05) is 19.8 Å². The van der Waals surface area contributed by atoms with Crippen LogP contribution in [-0.4, -0.2) is 23.9 Å². The van der Waals surface area contributed by atoms with Crippen molar-refractivity contribution in [3.05, 3.63) is 15.8 Å². The fourth-order valence-corrected chi connectivity index (χ4v) is 3.72. The Morgan fingerprint density at radius 3 is 2.67 bits per heavy atom. The molecule has 0 aromatic carbocycles. The number of nitrogen functional groups attached to an aromatic ring is 1. The number of anilines is 1. The third-order valence-corrected chi connectivity index (χ3v) is 5.11. The molecule has 1 heterocycles. The van der Waals surface area contributed by atoms with Crippen molar-refractivity contribution in [2.75, 3.05) is 12.8 Å². The minimum atomic E-state index is 0.124. The molecule has 1 aliphatic carbocycles. The predicted octanol–water partition coefficient (Wildman–Crippen LogP) is 3.29. The van der Waals surface area contributed by atoms with Crippen LogP contribution < -0.4 is 5.73 Å². The van der Waals surface area contributed by atoms with E-state index in [2.05, 4.69) is 6.92 Å². The van der Waals surface area contributed by atoms with Gasteiger partial charge in [-0.25, -0.2) is 0 Å². The summed E-state index contributed by atoms with van der Waals surface area (Å²) >= 11 is 1.50. The van der Waals surface area contributed by atoms with Crippen LogP contribution in [0, 0.1) is 12.8 Å². The number of carbonyl (C=O) groups excluding carboxylic acids is 1. The van der Waals surface area contributed by atoms with Gasteiger partial charge in [0.05, 0.1) is 4.88 Å². The third kappa shape index (κ3) is 2.53. The minimum absolute atomic E-state index is 0.124. The summed E-state index contributed by atoms with van der Waals surface area (Å²) in [6.07, 6.45) is 4.89. The molecule has 0 radical (unpaired) electrons. The predicted molar refractivity (Wildman–Crippen MR) is 77.0 cm³/mol. The van der Waals surface area contributed by atoms with Crippen molar-refractivity contribution < 1.29 is 4.79 Å². The number of amides is 1. The van der Waals surface area contributed by atoms with Crippen LogP contribution in [0.25, 0.3) is 0 Å². The lowest BCUT2D eigenvalue weighted by Crippen LogP contribution is -2.42. The van der Waals surface area contributed by atoms with E-state index in [-0.39, 0.29) is 5.91 Å². The number of thiophene rings is 1. The summed E-state index contributed by atoms with van der Waals surface area (Å²) in [5, 5.41) is 0. The van der Waals surface area contributed by atoms with Gasteiger partial charge >= 0.3 is 0 Å². The maximum absolute atomic E-state index is 12.4. The highest BCUT2D eigenvalue weighted by atomic mass is 32.1. The summed E-state index contributed by atoms with van der Waals surface area (Å²) in [5.74, 6) is 0.727. The highest BCUT2D eigenvalue weighted by molar-refractivity contribution is 7.14. The van der Waals surface area contributed by atoms with Crippen molar-refractivity contribution in [1.29, 1.82) is 0 Å². The standard InChI is InChI=1S/C14H22N2OS/c1-9-6-4-5-7-12(9)16(3)14(17)13-8-11(15)10(2)18-13/h8-9,12H,4-7,15H2,1-3H3. The number of aryl methyl sites for hydroxylation is 1. The molecule has 1 aliphatic rings. The summed E-state index contributed by atoms with van der Waals surface area (Å²) < 4.78 is 0. The van der Waals surface area contributed by atoms with E-state index in [0.717, 1.165) is 21.9 Å². The maximum Gasteiger partial charge on any atom is 0.264 e. The number of nitrogens with two attached hydrogens (primary N) is 1. The van der Waals surface area contributed by atoms with Gasteiger partial charge in [-0.15, -0.1) is 11.3 Å². The molecule has 0 spiro atoms. The SMILES string of the molecule is Cc1sc(C(=O)N(C)C2CCCCC2C)cc1N. The lowest BCUT2D eigenvalue weighted by atomic mass is 9.85. The van der Waals surface area contributed by atoms with Crippen LogP contribution in [0.3, 0.4) is 0 Å². The van der Waals surface area contributed by atoms with Gasteiger partial charge in [0.15, 0.2) is 0 Å². The summed E-state index contributed by atoms with van der Waals surface area (Å²) in [4.78, 5) is 16.2. The lowest BCUT2D eigenvalue weighted by molar-refractivity contribution is 0.0634. The van der Waals surface area contributed by atoms with E-state index in [0.29, 0.717) is 12.0 Å². The molecule has 2 N–H and O–H groups in total. The highest BCUT2D eigenvalue weighted by Gasteiger charge is 2.29. The van der Waals surface area contributed by atoms with E-state index in [1.807, 2.05) is 24.9 Å². The summed E-state index contributed by atoms with van der Waals surface area (Å²) in [6, 6.07) is 2.20. The summed E-state index contributed by atoms with van der Waals surface area (Å²) in [7, 11) is 1.93. The van der Waals surface area contributed by atoms with Crippen molar-refractivity contribution in [3.8, 4) is 0 Å². The number of nitrogens with zero attached hydrogens (tertiary/aromatic N) is 1. The molecule has 2 atom stereocenters. The molecule has 18 heavy (non-hydrogen) atoms. The van der Waals surface area contributed by atoms with Gasteiger partial charge in [-0.05, 0) is 31.7 Å². The normalized spacial score (nSPS) is 23.9. The first-order valence-electron chi connectivity index (χ1n) is 6.63. The Balaban J connectivity index is 2.12. The zero-order valence-electron chi connectivity index (χ0n) is 11.4. The third-order valence-electron chi connectivity index (χ3n) is 4.05. The molecule has 1 saturated carbocycles.